The van der Waals surface area contributed by atoms with Crippen molar-refractivity contribution in [1.82, 2.24) is 15.6 Å². The van der Waals surface area contributed by atoms with Gasteiger partial charge < -0.3 is 10.1 Å². The average Bonchev–Trinajstić information content (AvgIpc) is 2.25. The van der Waals surface area contributed by atoms with Crippen LogP contribution in [0.25, 0.3) is 0 Å². The molecular formula is C12H16ClN3O3. The first-order valence-corrected chi connectivity index (χ1v) is 6.01. The number of urea groups is 1. The molecule has 0 aliphatic carbocycles. The fourth-order valence-corrected chi connectivity index (χ4v) is 1.33. The van der Waals surface area contributed by atoms with Gasteiger partial charge in [-0.3, -0.25) is 10.1 Å². The van der Waals surface area contributed by atoms with Crippen LogP contribution in [-0.4, -0.2) is 29.1 Å². The molecular weight excluding hydrogens is 270 g/mol. The Bertz CT molecular complexity index is 472. The number of ether oxygens (including phenoxy) is 1. The van der Waals surface area contributed by atoms with Gasteiger partial charge in [-0.2, -0.15) is 0 Å². The van der Waals surface area contributed by atoms with Gasteiger partial charge in [0.2, 0.25) is 0 Å². The van der Waals surface area contributed by atoms with E-state index in [4.69, 9.17) is 16.3 Å². The van der Waals surface area contributed by atoms with Crippen molar-refractivity contribution in [3.05, 3.63) is 23.5 Å². The molecule has 7 heteroatoms. The summed E-state index contributed by atoms with van der Waals surface area (Å²) >= 11 is 5.75. The molecule has 1 aromatic rings. The molecule has 0 aliphatic heterocycles. The molecule has 0 bridgehead atoms. The highest BCUT2D eigenvalue weighted by atomic mass is 35.5. The van der Waals surface area contributed by atoms with Gasteiger partial charge >= 0.3 is 6.03 Å². The Morgan fingerprint density at radius 3 is 2.68 bits per heavy atom. The predicted octanol–water partition coefficient (Wildman–Crippen LogP) is 1.74. The second-order valence-corrected chi connectivity index (χ2v) is 5.19. The minimum atomic E-state index is -0.571. The number of halogens is 1. The Balaban J connectivity index is 2.40. The maximum Gasteiger partial charge on any atom is 0.321 e. The van der Waals surface area contributed by atoms with E-state index in [9.17, 15) is 9.59 Å². The highest BCUT2D eigenvalue weighted by Crippen LogP contribution is 2.19. The van der Waals surface area contributed by atoms with E-state index in [-0.39, 0.29) is 17.5 Å². The van der Waals surface area contributed by atoms with Gasteiger partial charge in [0.1, 0.15) is 0 Å². The van der Waals surface area contributed by atoms with E-state index < -0.39 is 17.5 Å². The van der Waals surface area contributed by atoms with Crippen molar-refractivity contribution < 1.29 is 14.3 Å². The van der Waals surface area contributed by atoms with Crippen LogP contribution in [-0.2, 0) is 4.79 Å². The van der Waals surface area contributed by atoms with Crippen LogP contribution in [0.5, 0.6) is 5.75 Å². The topological polar surface area (TPSA) is 80.3 Å². The Labute approximate surface area is 116 Å². The van der Waals surface area contributed by atoms with Crippen LogP contribution in [0.15, 0.2) is 18.3 Å². The Morgan fingerprint density at radius 2 is 2.11 bits per heavy atom. The Morgan fingerprint density at radius 1 is 1.42 bits per heavy atom. The van der Waals surface area contributed by atoms with E-state index >= 15 is 0 Å². The summed E-state index contributed by atoms with van der Waals surface area (Å²) in [6.07, 6.45) is 1.51. The number of nitrogens with zero attached hydrogens (tertiary/aromatic N) is 1. The summed E-state index contributed by atoms with van der Waals surface area (Å²) in [6, 6.07) is 2.64. The summed E-state index contributed by atoms with van der Waals surface area (Å²) in [5, 5.41) is 4.90. The summed E-state index contributed by atoms with van der Waals surface area (Å²) in [7, 11) is 0. The summed E-state index contributed by atoms with van der Waals surface area (Å²) in [5.41, 5.74) is -0.419. The molecule has 3 amide bonds. The summed E-state index contributed by atoms with van der Waals surface area (Å²) < 4.78 is 5.14. The second kappa shape index (κ2) is 6.38. The molecule has 2 N–H and O–H groups in total. The zero-order valence-electron chi connectivity index (χ0n) is 11.0. The van der Waals surface area contributed by atoms with Crippen LogP contribution in [0.3, 0.4) is 0 Å². The zero-order chi connectivity index (χ0) is 14.5. The van der Waals surface area contributed by atoms with Crippen molar-refractivity contribution in [2.45, 2.75) is 26.3 Å². The molecule has 19 heavy (non-hydrogen) atoms. The predicted molar refractivity (Wildman–Crippen MR) is 71.2 cm³/mol. The van der Waals surface area contributed by atoms with Crippen LogP contribution < -0.4 is 15.4 Å². The first-order valence-electron chi connectivity index (χ1n) is 5.63. The van der Waals surface area contributed by atoms with Crippen LogP contribution in [0.2, 0.25) is 5.15 Å². The number of hydrogen-bond acceptors (Lipinski definition) is 4. The summed E-state index contributed by atoms with van der Waals surface area (Å²) in [4.78, 5) is 26.7. The van der Waals surface area contributed by atoms with Crippen molar-refractivity contribution >= 4 is 23.5 Å². The smallest absolute Gasteiger partial charge is 0.321 e. The van der Waals surface area contributed by atoms with Gasteiger partial charge in [-0.05, 0) is 32.9 Å². The highest BCUT2D eigenvalue weighted by Gasteiger charge is 2.16. The number of nitrogens with one attached hydrogen (secondary N) is 2. The van der Waals surface area contributed by atoms with Gasteiger partial charge in [0.05, 0.1) is 0 Å². The van der Waals surface area contributed by atoms with E-state index in [0.717, 1.165) is 0 Å². The SMILES string of the molecule is CC(C)(C)NC(=O)NC(=O)COc1cccnc1Cl. The van der Waals surface area contributed by atoms with Crippen molar-refractivity contribution in [3.8, 4) is 5.75 Å². The Kier molecular flexibility index (Phi) is 5.11. The van der Waals surface area contributed by atoms with Crippen molar-refractivity contribution in [2.24, 2.45) is 0 Å². The summed E-state index contributed by atoms with van der Waals surface area (Å²) in [6.45, 7) is 5.11. The molecule has 0 fully saturated rings. The van der Waals surface area contributed by atoms with Gasteiger partial charge in [-0.15, -0.1) is 0 Å². The third-order valence-corrected chi connectivity index (χ3v) is 2.11. The van der Waals surface area contributed by atoms with Crippen molar-refractivity contribution in [2.75, 3.05) is 6.61 Å². The lowest BCUT2D eigenvalue weighted by atomic mass is 10.1. The number of carbonyl (C=O) groups excluding carboxylic acids is 2. The molecule has 0 spiro atoms. The van der Waals surface area contributed by atoms with Crippen LogP contribution in [0.4, 0.5) is 4.79 Å². The molecule has 1 aromatic heterocycles. The standard InChI is InChI=1S/C12H16ClN3O3/c1-12(2,3)16-11(18)15-9(17)7-19-8-5-4-6-14-10(8)13/h4-6H,7H2,1-3H3,(H2,15,16,17,18). The number of carbonyl (C=O) groups is 2. The van der Waals surface area contributed by atoms with E-state index in [2.05, 4.69) is 15.6 Å². The number of imide groups is 1. The van der Waals surface area contributed by atoms with Gasteiger partial charge in [0.25, 0.3) is 5.91 Å². The Hall–Kier alpha value is -1.82. The molecule has 0 saturated heterocycles. The monoisotopic (exact) mass is 285 g/mol. The lowest BCUT2D eigenvalue weighted by Crippen LogP contribution is -2.49. The molecule has 1 rings (SSSR count). The minimum absolute atomic E-state index is 0.162. The molecule has 0 saturated carbocycles. The van der Waals surface area contributed by atoms with Gasteiger partial charge in [0, 0.05) is 11.7 Å². The molecule has 0 atom stereocenters. The van der Waals surface area contributed by atoms with Crippen LogP contribution in [0, 0.1) is 0 Å². The quantitative estimate of drug-likeness (QED) is 0.829. The second-order valence-electron chi connectivity index (χ2n) is 4.83. The van der Waals surface area contributed by atoms with E-state index in [1.54, 1.807) is 12.1 Å². The van der Waals surface area contributed by atoms with E-state index in [1.165, 1.54) is 6.20 Å². The number of hydrogen-bond donors (Lipinski definition) is 2. The highest BCUT2D eigenvalue weighted by molar-refractivity contribution is 6.30. The normalized spacial score (nSPS) is 10.7. The zero-order valence-corrected chi connectivity index (χ0v) is 11.7. The number of aromatic nitrogens is 1. The lowest BCUT2D eigenvalue weighted by Gasteiger charge is -2.20. The van der Waals surface area contributed by atoms with Crippen molar-refractivity contribution in [3.63, 3.8) is 0 Å². The lowest BCUT2D eigenvalue weighted by molar-refractivity contribution is -0.122. The molecule has 0 radical (unpaired) electrons. The number of pyridine rings is 1. The fourth-order valence-electron chi connectivity index (χ4n) is 1.16. The first kappa shape index (κ1) is 15.2. The van der Waals surface area contributed by atoms with Gasteiger partial charge in [-0.25, -0.2) is 9.78 Å². The minimum Gasteiger partial charge on any atom is -0.481 e. The van der Waals surface area contributed by atoms with E-state index in [1.807, 2.05) is 20.8 Å². The molecule has 6 nitrogen and oxygen atoms in total. The third-order valence-electron chi connectivity index (χ3n) is 1.83. The van der Waals surface area contributed by atoms with Gasteiger partial charge in [0.15, 0.2) is 17.5 Å². The first-order chi connectivity index (χ1) is 8.78. The number of amides is 3. The van der Waals surface area contributed by atoms with Crippen molar-refractivity contribution in [1.29, 1.82) is 0 Å². The molecule has 0 aliphatic rings. The third kappa shape index (κ3) is 6.05. The molecule has 1 heterocycles. The summed E-state index contributed by atoms with van der Waals surface area (Å²) in [5.74, 6) is -0.280. The number of rotatable bonds is 3. The van der Waals surface area contributed by atoms with Gasteiger partial charge in [-0.1, -0.05) is 11.6 Å². The molecule has 0 aromatic carbocycles. The fraction of sp³-hybridized carbons (Fsp3) is 0.417. The largest absolute Gasteiger partial charge is 0.481 e. The maximum absolute atomic E-state index is 11.5. The maximum atomic E-state index is 11.5. The molecule has 104 valence electrons. The van der Waals surface area contributed by atoms with Crippen LogP contribution in [0.1, 0.15) is 20.8 Å². The molecule has 0 unspecified atom stereocenters. The van der Waals surface area contributed by atoms with E-state index in [0.29, 0.717) is 0 Å². The van der Waals surface area contributed by atoms with Crippen LogP contribution >= 0.6 is 11.6 Å². The average molecular weight is 286 g/mol.